The molecule has 0 aliphatic rings. The van der Waals surface area contributed by atoms with Gasteiger partial charge >= 0.3 is 6.18 Å². The lowest BCUT2D eigenvalue weighted by atomic mass is 10.1. The SMILES string of the molecule is Cn1ncc2c(C(F)(F)F)cccc21. The fraction of sp³-hybridized carbons (Fsp3) is 0.222. The summed E-state index contributed by atoms with van der Waals surface area (Å²) < 4.78 is 38.9. The molecule has 2 aromatic rings. The van der Waals surface area contributed by atoms with Crippen molar-refractivity contribution in [3.8, 4) is 0 Å². The van der Waals surface area contributed by atoms with Gasteiger partial charge in [0.05, 0.1) is 17.3 Å². The number of fused-ring (bicyclic) bond motifs is 1. The highest BCUT2D eigenvalue weighted by molar-refractivity contribution is 5.82. The number of aryl methyl sites for hydroxylation is 1. The van der Waals surface area contributed by atoms with Crippen molar-refractivity contribution in [1.29, 1.82) is 0 Å². The number of benzene rings is 1. The van der Waals surface area contributed by atoms with Crippen LogP contribution in [-0.2, 0) is 13.2 Å². The maximum atomic E-state index is 12.5. The second-order valence-corrected chi connectivity index (χ2v) is 3.00. The molecule has 0 amide bonds. The summed E-state index contributed by atoms with van der Waals surface area (Å²) >= 11 is 0. The fourth-order valence-corrected chi connectivity index (χ4v) is 1.42. The third-order valence-corrected chi connectivity index (χ3v) is 2.10. The lowest BCUT2D eigenvalue weighted by Crippen LogP contribution is -2.05. The molecule has 0 aliphatic heterocycles. The van der Waals surface area contributed by atoms with E-state index in [1.165, 1.54) is 16.9 Å². The number of nitrogens with zero attached hydrogens (tertiary/aromatic N) is 2. The zero-order valence-corrected chi connectivity index (χ0v) is 7.34. The molecular formula is C9H7F3N2. The molecule has 2 rings (SSSR count). The molecule has 74 valence electrons. The minimum atomic E-state index is -4.32. The number of alkyl halides is 3. The van der Waals surface area contributed by atoms with Gasteiger partial charge in [-0.1, -0.05) is 6.07 Å². The lowest BCUT2D eigenvalue weighted by Gasteiger charge is -2.07. The molecule has 2 nitrogen and oxygen atoms in total. The van der Waals surface area contributed by atoms with E-state index in [2.05, 4.69) is 5.10 Å². The van der Waals surface area contributed by atoms with Crippen LogP contribution in [0.4, 0.5) is 13.2 Å². The van der Waals surface area contributed by atoms with Crippen LogP contribution in [0.15, 0.2) is 24.4 Å². The van der Waals surface area contributed by atoms with E-state index < -0.39 is 11.7 Å². The molecule has 0 unspecified atom stereocenters. The summed E-state index contributed by atoms with van der Waals surface area (Å²) in [6.07, 6.45) is -3.08. The normalized spacial score (nSPS) is 12.3. The third kappa shape index (κ3) is 1.25. The topological polar surface area (TPSA) is 17.8 Å². The van der Waals surface area contributed by atoms with Crippen molar-refractivity contribution in [1.82, 2.24) is 9.78 Å². The van der Waals surface area contributed by atoms with E-state index in [-0.39, 0.29) is 5.39 Å². The average Bonchev–Trinajstić information content (AvgIpc) is 2.46. The van der Waals surface area contributed by atoms with Gasteiger partial charge in [0.2, 0.25) is 0 Å². The highest BCUT2D eigenvalue weighted by Crippen LogP contribution is 2.34. The largest absolute Gasteiger partial charge is 0.417 e. The molecule has 1 aromatic heterocycles. The van der Waals surface area contributed by atoms with Crippen LogP contribution in [0.1, 0.15) is 5.56 Å². The minimum Gasteiger partial charge on any atom is -0.268 e. The van der Waals surface area contributed by atoms with Crippen molar-refractivity contribution in [2.75, 3.05) is 0 Å². The second kappa shape index (κ2) is 2.73. The van der Waals surface area contributed by atoms with Gasteiger partial charge in [0, 0.05) is 12.4 Å². The van der Waals surface area contributed by atoms with E-state index in [0.717, 1.165) is 6.07 Å². The highest BCUT2D eigenvalue weighted by Gasteiger charge is 2.32. The molecule has 0 bridgehead atoms. The Bertz CT molecular complexity index is 470. The monoisotopic (exact) mass is 200 g/mol. The van der Waals surface area contributed by atoms with E-state index in [4.69, 9.17) is 0 Å². The second-order valence-electron chi connectivity index (χ2n) is 3.00. The van der Waals surface area contributed by atoms with Crippen molar-refractivity contribution >= 4 is 10.9 Å². The van der Waals surface area contributed by atoms with E-state index >= 15 is 0 Å². The number of halogens is 3. The maximum Gasteiger partial charge on any atom is 0.417 e. The Hall–Kier alpha value is -1.52. The summed E-state index contributed by atoms with van der Waals surface area (Å²) in [6.45, 7) is 0. The van der Waals surface area contributed by atoms with Gasteiger partial charge < -0.3 is 0 Å². The van der Waals surface area contributed by atoms with E-state index in [1.807, 2.05) is 0 Å². The Morgan fingerprint density at radius 2 is 2.00 bits per heavy atom. The van der Waals surface area contributed by atoms with Gasteiger partial charge in [0.25, 0.3) is 0 Å². The molecule has 1 heterocycles. The van der Waals surface area contributed by atoms with Crippen LogP contribution >= 0.6 is 0 Å². The van der Waals surface area contributed by atoms with Crippen molar-refractivity contribution in [2.24, 2.45) is 7.05 Å². The molecule has 14 heavy (non-hydrogen) atoms. The molecule has 5 heteroatoms. The molecule has 0 radical (unpaired) electrons. The fourth-order valence-electron chi connectivity index (χ4n) is 1.42. The van der Waals surface area contributed by atoms with Crippen LogP contribution in [0.2, 0.25) is 0 Å². The van der Waals surface area contributed by atoms with Gasteiger partial charge in [-0.05, 0) is 12.1 Å². The summed E-state index contributed by atoms with van der Waals surface area (Å²) in [5.74, 6) is 0. The Kier molecular flexibility index (Phi) is 1.77. The zero-order valence-electron chi connectivity index (χ0n) is 7.34. The average molecular weight is 200 g/mol. The summed E-state index contributed by atoms with van der Waals surface area (Å²) in [5.41, 5.74) is -0.150. The predicted molar refractivity (Wildman–Crippen MR) is 45.7 cm³/mol. The van der Waals surface area contributed by atoms with Crippen molar-refractivity contribution in [3.63, 3.8) is 0 Å². The molecular weight excluding hydrogens is 193 g/mol. The van der Waals surface area contributed by atoms with Gasteiger partial charge in [0.15, 0.2) is 0 Å². The van der Waals surface area contributed by atoms with Crippen LogP contribution in [0, 0.1) is 0 Å². The zero-order chi connectivity index (χ0) is 10.3. The van der Waals surface area contributed by atoms with Gasteiger partial charge in [-0.25, -0.2) is 0 Å². The number of aromatic nitrogens is 2. The maximum absolute atomic E-state index is 12.5. The highest BCUT2D eigenvalue weighted by atomic mass is 19.4. The summed E-state index contributed by atoms with van der Waals surface area (Å²) in [7, 11) is 1.61. The number of hydrogen-bond acceptors (Lipinski definition) is 1. The Morgan fingerprint density at radius 3 is 2.64 bits per heavy atom. The summed E-state index contributed by atoms with van der Waals surface area (Å²) in [4.78, 5) is 0. The first-order chi connectivity index (χ1) is 6.50. The number of hydrogen-bond donors (Lipinski definition) is 0. The molecule has 0 saturated carbocycles. The Morgan fingerprint density at radius 1 is 1.29 bits per heavy atom. The molecule has 0 fully saturated rings. The van der Waals surface area contributed by atoms with E-state index in [0.29, 0.717) is 5.52 Å². The van der Waals surface area contributed by atoms with Gasteiger partial charge in [-0.15, -0.1) is 0 Å². The van der Waals surface area contributed by atoms with Crippen LogP contribution in [-0.4, -0.2) is 9.78 Å². The summed E-state index contributed by atoms with van der Waals surface area (Å²) in [5, 5.41) is 3.93. The molecule has 0 saturated heterocycles. The van der Waals surface area contributed by atoms with E-state index in [1.54, 1.807) is 13.1 Å². The van der Waals surface area contributed by atoms with Crippen LogP contribution in [0.25, 0.3) is 10.9 Å². The van der Waals surface area contributed by atoms with E-state index in [9.17, 15) is 13.2 Å². The quantitative estimate of drug-likeness (QED) is 0.639. The Balaban J connectivity index is 2.79. The molecule has 0 atom stereocenters. The lowest BCUT2D eigenvalue weighted by molar-refractivity contribution is -0.136. The Labute approximate surface area is 77.9 Å². The molecule has 1 aromatic carbocycles. The minimum absolute atomic E-state index is 0.141. The van der Waals surface area contributed by atoms with Crippen LogP contribution in [0.5, 0.6) is 0 Å². The number of rotatable bonds is 0. The predicted octanol–water partition coefficient (Wildman–Crippen LogP) is 2.59. The van der Waals surface area contributed by atoms with Gasteiger partial charge in [-0.3, -0.25) is 4.68 Å². The van der Waals surface area contributed by atoms with Crippen LogP contribution < -0.4 is 0 Å². The summed E-state index contributed by atoms with van der Waals surface area (Å²) in [6, 6.07) is 4.05. The first-order valence-electron chi connectivity index (χ1n) is 3.98. The standard InChI is InChI=1S/C9H7F3N2/c1-14-8-4-2-3-7(9(10,11)12)6(8)5-13-14/h2-5H,1H3. The van der Waals surface area contributed by atoms with Gasteiger partial charge in [0.1, 0.15) is 0 Å². The van der Waals surface area contributed by atoms with Gasteiger partial charge in [-0.2, -0.15) is 18.3 Å². The first-order valence-corrected chi connectivity index (χ1v) is 3.98. The first kappa shape index (κ1) is 9.05. The molecule has 0 spiro atoms. The molecule has 0 aliphatic carbocycles. The van der Waals surface area contributed by atoms with Crippen LogP contribution in [0.3, 0.4) is 0 Å². The smallest absolute Gasteiger partial charge is 0.268 e. The van der Waals surface area contributed by atoms with Crippen molar-refractivity contribution < 1.29 is 13.2 Å². The van der Waals surface area contributed by atoms with Crippen molar-refractivity contribution in [3.05, 3.63) is 30.0 Å². The molecule has 0 N–H and O–H groups in total. The van der Waals surface area contributed by atoms with Crippen molar-refractivity contribution in [2.45, 2.75) is 6.18 Å². The third-order valence-electron chi connectivity index (χ3n) is 2.10.